The SMILES string of the molecule is CC(C)(C)c1ccc(N2C(=O)N(Cc3ccnc(NS(C)(=O)=O)c3)C(C)(C)C2=O)cc1. The number of hydrogen-bond donors (Lipinski definition) is 1. The van der Waals surface area contributed by atoms with Crippen molar-refractivity contribution in [3.63, 3.8) is 0 Å². The molecule has 0 unspecified atom stereocenters. The second-order valence-electron chi connectivity index (χ2n) is 9.29. The number of anilines is 2. The summed E-state index contributed by atoms with van der Waals surface area (Å²) in [5, 5.41) is 0. The van der Waals surface area contributed by atoms with Crippen molar-refractivity contribution >= 4 is 33.5 Å². The lowest BCUT2D eigenvalue weighted by molar-refractivity contribution is -0.123. The van der Waals surface area contributed by atoms with Gasteiger partial charge in [-0.3, -0.25) is 9.52 Å². The third-order valence-electron chi connectivity index (χ3n) is 5.27. The molecular weight excluding hydrogens is 416 g/mol. The summed E-state index contributed by atoms with van der Waals surface area (Å²) < 4.78 is 25.3. The monoisotopic (exact) mass is 444 g/mol. The molecule has 0 atom stereocenters. The van der Waals surface area contributed by atoms with Crippen LogP contribution in [0.4, 0.5) is 16.3 Å². The number of sulfonamides is 1. The highest BCUT2D eigenvalue weighted by Gasteiger charge is 2.51. The zero-order chi connectivity index (χ0) is 23.2. The molecule has 1 aliphatic rings. The maximum Gasteiger partial charge on any atom is 0.332 e. The molecule has 0 radical (unpaired) electrons. The Morgan fingerprint density at radius 2 is 1.68 bits per heavy atom. The number of urea groups is 1. The van der Waals surface area contributed by atoms with Crippen LogP contribution in [-0.2, 0) is 26.8 Å². The molecule has 0 aliphatic carbocycles. The Bertz CT molecular complexity index is 1120. The number of amides is 3. The minimum Gasteiger partial charge on any atom is -0.305 e. The van der Waals surface area contributed by atoms with Gasteiger partial charge in [-0.05, 0) is 54.7 Å². The van der Waals surface area contributed by atoms with Crippen molar-refractivity contribution in [2.24, 2.45) is 0 Å². The van der Waals surface area contributed by atoms with Crippen LogP contribution in [0.3, 0.4) is 0 Å². The number of rotatable bonds is 5. The number of carbonyl (C=O) groups is 2. The zero-order valence-corrected chi connectivity index (χ0v) is 19.4. The Morgan fingerprint density at radius 1 is 1.06 bits per heavy atom. The number of carbonyl (C=O) groups excluding carboxylic acids is 2. The number of aromatic nitrogens is 1. The summed E-state index contributed by atoms with van der Waals surface area (Å²) in [7, 11) is -3.48. The fraction of sp³-hybridized carbons (Fsp3) is 0.409. The van der Waals surface area contributed by atoms with Crippen LogP contribution in [0.25, 0.3) is 0 Å². The molecule has 1 saturated heterocycles. The smallest absolute Gasteiger partial charge is 0.305 e. The third-order valence-corrected chi connectivity index (χ3v) is 5.85. The average molecular weight is 445 g/mol. The lowest BCUT2D eigenvalue weighted by Crippen LogP contribution is -2.43. The Hall–Kier alpha value is -2.94. The van der Waals surface area contributed by atoms with Crippen LogP contribution < -0.4 is 9.62 Å². The molecule has 166 valence electrons. The highest BCUT2D eigenvalue weighted by Crippen LogP contribution is 2.34. The average Bonchev–Trinajstić information content (AvgIpc) is 2.80. The summed E-state index contributed by atoms with van der Waals surface area (Å²) in [6.45, 7) is 9.83. The van der Waals surface area contributed by atoms with Gasteiger partial charge < -0.3 is 4.90 Å². The third kappa shape index (κ3) is 4.71. The quantitative estimate of drug-likeness (QED) is 0.712. The Labute approximate surface area is 183 Å². The van der Waals surface area contributed by atoms with Crippen molar-refractivity contribution < 1.29 is 18.0 Å². The van der Waals surface area contributed by atoms with E-state index in [1.54, 1.807) is 38.1 Å². The molecule has 3 amide bonds. The summed E-state index contributed by atoms with van der Waals surface area (Å²) in [4.78, 5) is 33.0. The van der Waals surface area contributed by atoms with Gasteiger partial charge in [-0.15, -0.1) is 0 Å². The summed E-state index contributed by atoms with van der Waals surface area (Å²) in [5.41, 5.74) is 1.18. The van der Waals surface area contributed by atoms with Gasteiger partial charge in [0.25, 0.3) is 5.91 Å². The van der Waals surface area contributed by atoms with Gasteiger partial charge in [0.15, 0.2) is 0 Å². The van der Waals surface area contributed by atoms with Crippen LogP contribution in [0, 0.1) is 0 Å². The van der Waals surface area contributed by atoms with Crippen LogP contribution in [0.2, 0.25) is 0 Å². The van der Waals surface area contributed by atoms with Crippen molar-refractivity contribution in [2.75, 3.05) is 15.9 Å². The summed E-state index contributed by atoms with van der Waals surface area (Å²) >= 11 is 0. The first-order valence-corrected chi connectivity index (χ1v) is 11.8. The maximum absolute atomic E-state index is 13.2. The van der Waals surface area contributed by atoms with Crippen molar-refractivity contribution in [2.45, 2.75) is 52.1 Å². The van der Waals surface area contributed by atoms with Crippen LogP contribution >= 0.6 is 0 Å². The van der Waals surface area contributed by atoms with Gasteiger partial charge in [-0.25, -0.2) is 23.1 Å². The van der Waals surface area contributed by atoms with Crippen molar-refractivity contribution in [1.82, 2.24) is 9.88 Å². The topological polar surface area (TPSA) is 99.7 Å². The number of imide groups is 1. The second-order valence-corrected chi connectivity index (χ2v) is 11.0. The van der Waals surface area contributed by atoms with Crippen molar-refractivity contribution in [3.05, 3.63) is 53.7 Å². The highest BCUT2D eigenvalue weighted by atomic mass is 32.2. The van der Waals surface area contributed by atoms with E-state index in [9.17, 15) is 18.0 Å². The molecule has 0 bridgehead atoms. The standard InChI is InChI=1S/C22H28N4O4S/c1-21(2,3)16-7-9-17(10-8-16)26-19(27)22(4,5)25(20(26)28)14-15-11-12-23-18(13-15)24-31(6,29)30/h7-13H,14H2,1-6H3,(H,23,24). The van der Waals surface area contributed by atoms with E-state index < -0.39 is 21.6 Å². The molecule has 1 aromatic carbocycles. The summed E-state index contributed by atoms with van der Waals surface area (Å²) in [5.74, 6) is -0.157. The Kier molecular flexibility index (Phi) is 5.60. The fourth-order valence-corrected chi connectivity index (χ4v) is 3.93. The van der Waals surface area contributed by atoms with E-state index in [1.807, 2.05) is 12.1 Å². The molecule has 0 saturated carbocycles. The molecule has 8 nitrogen and oxygen atoms in total. The van der Waals surface area contributed by atoms with Gasteiger partial charge in [0.1, 0.15) is 11.4 Å². The highest BCUT2D eigenvalue weighted by molar-refractivity contribution is 7.92. The van der Waals surface area contributed by atoms with E-state index in [0.29, 0.717) is 11.3 Å². The lowest BCUT2D eigenvalue weighted by atomic mass is 9.87. The lowest BCUT2D eigenvalue weighted by Gasteiger charge is -2.27. The fourth-order valence-electron chi connectivity index (χ4n) is 3.44. The molecule has 2 aromatic rings. The van der Waals surface area contributed by atoms with Gasteiger partial charge in [0, 0.05) is 12.7 Å². The van der Waals surface area contributed by atoms with E-state index in [4.69, 9.17) is 0 Å². The van der Waals surface area contributed by atoms with Gasteiger partial charge in [-0.2, -0.15) is 0 Å². The van der Waals surface area contributed by atoms with Crippen molar-refractivity contribution in [1.29, 1.82) is 0 Å². The first-order chi connectivity index (χ1) is 14.2. The number of nitrogens with zero attached hydrogens (tertiary/aromatic N) is 3. The van der Waals surface area contributed by atoms with Gasteiger partial charge in [-0.1, -0.05) is 32.9 Å². The maximum atomic E-state index is 13.2. The van der Waals surface area contributed by atoms with Crippen LogP contribution in [0.5, 0.6) is 0 Å². The van der Waals surface area contributed by atoms with Crippen LogP contribution in [0.15, 0.2) is 42.6 Å². The van der Waals surface area contributed by atoms with Crippen LogP contribution in [-0.4, -0.2) is 42.0 Å². The normalized spacial score (nSPS) is 16.7. The van der Waals surface area contributed by atoms with E-state index in [0.717, 1.165) is 11.8 Å². The first kappa shape index (κ1) is 22.7. The first-order valence-electron chi connectivity index (χ1n) is 9.89. The molecule has 0 spiro atoms. The number of benzene rings is 1. The van der Waals surface area contributed by atoms with Gasteiger partial charge in [0.05, 0.1) is 11.9 Å². The molecule has 2 heterocycles. The molecular formula is C22H28N4O4S. The molecule has 1 N–H and O–H groups in total. The largest absolute Gasteiger partial charge is 0.332 e. The minimum absolute atomic E-state index is 0.0398. The Morgan fingerprint density at radius 3 is 2.23 bits per heavy atom. The van der Waals surface area contributed by atoms with E-state index in [2.05, 4.69) is 30.5 Å². The van der Waals surface area contributed by atoms with Gasteiger partial charge >= 0.3 is 6.03 Å². The molecule has 9 heteroatoms. The Balaban J connectivity index is 1.89. The number of hydrogen-bond acceptors (Lipinski definition) is 5. The molecule has 1 aliphatic heterocycles. The minimum atomic E-state index is -3.48. The van der Waals surface area contributed by atoms with E-state index in [1.165, 1.54) is 16.0 Å². The van der Waals surface area contributed by atoms with E-state index >= 15 is 0 Å². The molecule has 31 heavy (non-hydrogen) atoms. The molecule has 1 aromatic heterocycles. The second kappa shape index (κ2) is 7.64. The number of pyridine rings is 1. The predicted molar refractivity (Wildman–Crippen MR) is 120 cm³/mol. The van der Waals surface area contributed by atoms with E-state index in [-0.39, 0.29) is 23.7 Å². The summed E-state index contributed by atoms with van der Waals surface area (Å²) in [6, 6.07) is 10.2. The number of nitrogens with one attached hydrogen (secondary N) is 1. The van der Waals surface area contributed by atoms with Gasteiger partial charge in [0.2, 0.25) is 10.0 Å². The van der Waals surface area contributed by atoms with Crippen LogP contribution in [0.1, 0.15) is 45.7 Å². The summed E-state index contributed by atoms with van der Waals surface area (Å²) in [6.07, 6.45) is 2.50. The predicted octanol–water partition coefficient (Wildman–Crippen LogP) is 3.50. The molecule has 3 rings (SSSR count). The van der Waals surface area contributed by atoms with Crippen molar-refractivity contribution in [3.8, 4) is 0 Å². The zero-order valence-electron chi connectivity index (χ0n) is 18.6. The molecule has 1 fully saturated rings.